The number of hydrogen-bond donors (Lipinski definition) is 4. The van der Waals surface area contributed by atoms with Crippen LogP contribution in [0.15, 0.2) is 0 Å². The first-order valence-corrected chi connectivity index (χ1v) is 13.5. The molecule has 0 rings (SSSR count). The van der Waals surface area contributed by atoms with Crippen molar-refractivity contribution >= 4 is 47.4 Å². The van der Waals surface area contributed by atoms with Crippen LogP contribution < -0.4 is 16.0 Å². The molecule has 0 fully saturated rings. The maximum atomic E-state index is 12.9. The molecular formula is C21H39N3O6S2. The van der Waals surface area contributed by atoms with E-state index in [1.165, 1.54) is 23.5 Å². The van der Waals surface area contributed by atoms with Crippen molar-refractivity contribution in [2.45, 2.75) is 65.1 Å². The van der Waals surface area contributed by atoms with E-state index in [1.54, 1.807) is 0 Å². The standard InChI is InChI=1S/C21H39N3O6S2/c1-13(2)11-17(19(26)22-16(20(27)28)8-10-32-6)23-18(25)15(7-9-31-5)24-21(29)30-12-14(3)4/h13-17H,7-12H2,1-6H3,(H,22,26)(H,23,25)(H,24,29)(H,27,28). The number of aliphatic carboxylic acids is 1. The summed E-state index contributed by atoms with van der Waals surface area (Å²) in [4.78, 5) is 49.3. The fourth-order valence-corrected chi connectivity index (χ4v) is 3.61. The minimum Gasteiger partial charge on any atom is -0.480 e. The fourth-order valence-electron chi connectivity index (χ4n) is 2.67. The summed E-state index contributed by atoms with van der Waals surface area (Å²) in [7, 11) is 0. The van der Waals surface area contributed by atoms with E-state index >= 15 is 0 Å². The molecule has 0 heterocycles. The van der Waals surface area contributed by atoms with Gasteiger partial charge in [-0.1, -0.05) is 27.7 Å². The van der Waals surface area contributed by atoms with Crippen LogP contribution in [-0.4, -0.2) is 77.7 Å². The number of thioether (sulfide) groups is 2. The van der Waals surface area contributed by atoms with E-state index in [2.05, 4.69) is 16.0 Å². The first-order chi connectivity index (χ1) is 15.0. The van der Waals surface area contributed by atoms with E-state index in [0.29, 0.717) is 24.3 Å². The molecule has 0 aliphatic heterocycles. The van der Waals surface area contributed by atoms with Crippen LogP contribution in [0.5, 0.6) is 0 Å². The Morgan fingerprint density at radius 1 is 0.781 bits per heavy atom. The van der Waals surface area contributed by atoms with E-state index < -0.39 is 42.0 Å². The van der Waals surface area contributed by atoms with Crippen molar-refractivity contribution in [3.05, 3.63) is 0 Å². The molecule has 4 N–H and O–H groups in total. The van der Waals surface area contributed by atoms with Crippen molar-refractivity contribution in [1.29, 1.82) is 0 Å². The van der Waals surface area contributed by atoms with Crippen molar-refractivity contribution in [3.8, 4) is 0 Å². The van der Waals surface area contributed by atoms with Crippen molar-refractivity contribution in [2.75, 3.05) is 30.6 Å². The number of carbonyl (C=O) groups is 4. The topological polar surface area (TPSA) is 134 Å². The third kappa shape index (κ3) is 13.7. The number of hydrogen-bond acceptors (Lipinski definition) is 7. The van der Waals surface area contributed by atoms with Crippen LogP contribution in [0.1, 0.15) is 47.0 Å². The average Bonchev–Trinajstić information content (AvgIpc) is 2.71. The Balaban J connectivity index is 5.29. The molecule has 3 unspecified atom stereocenters. The lowest BCUT2D eigenvalue weighted by Crippen LogP contribution is -2.56. The highest BCUT2D eigenvalue weighted by Gasteiger charge is 2.30. The van der Waals surface area contributed by atoms with Gasteiger partial charge in [0.2, 0.25) is 11.8 Å². The normalized spacial score (nSPS) is 13.9. The van der Waals surface area contributed by atoms with E-state index in [0.717, 1.165) is 0 Å². The lowest BCUT2D eigenvalue weighted by Gasteiger charge is -2.25. The Hall–Kier alpha value is -1.62. The summed E-state index contributed by atoms with van der Waals surface area (Å²) in [6, 6.07) is -2.81. The molecule has 3 amide bonds. The summed E-state index contributed by atoms with van der Waals surface area (Å²) in [6.45, 7) is 7.85. The molecule has 9 nitrogen and oxygen atoms in total. The summed E-state index contributed by atoms with van der Waals surface area (Å²) < 4.78 is 5.11. The maximum absolute atomic E-state index is 12.9. The molecule has 0 spiro atoms. The summed E-state index contributed by atoms with van der Waals surface area (Å²) in [5, 5.41) is 17.2. The summed E-state index contributed by atoms with van der Waals surface area (Å²) in [6.07, 6.45) is 4.04. The molecule has 0 radical (unpaired) electrons. The first-order valence-electron chi connectivity index (χ1n) is 10.8. The number of carbonyl (C=O) groups excluding carboxylic acids is 3. The second-order valence-electron chi connectivity index (χ2n) is 8.34. The predicted molar refractivity (Wildman–Crippen MR) is 130 cm³/mol. The summed E-state index contributed by atoms with van der Waals surface area (Å²) in [5.74, 6) is -0.726. The molecule has 3 atom stereocenters. The third-order valence-electron chi connectivity index (χ3n) is 4.33. The van der Waals surface area contributed by atoms with Crippen LogP contribution in [-0.2, 0) is 19.1 Å². The molecule has 0 aliphatic carbocycles. The Morgan fingerprint density at radius 3 is 1.75 bits per heavy atom. The van der Waals surface area contributed by atoms with Gasteiger partial charge in [0.25, 0.3) is 0 Å². The number of carboxylic acids is 1. The highest BCUT2D eigenvalue weighted by Crippen LogP contribution is 2.09. The molecule has 0 aromatic heterocycles. The molecule has 0 bridgehead atoms. The minimum absolute atomic E-state index is 0.0779. The highest BCUT2D eigenvalue weighted by molar-refractivity contribution is 7.98. The van der Waals surface area contributed by atoms with Crippen molar-refractivity contribution < 1.29 is 29.0 Å². The van der Waals surface area contributed by atoms with Crippen LogP contribution >= 0.6 is 23.5 Å². The Kier molecular flexibility index (Phi) is 16.1. The SMILES string of the molecule is CSCCC(NC(=O)C(CC(C)C)NC(=O)C(CCSC)NC(=O)OCC(C)C)C(=O)O. The quantitative estimate of drug-likeness (QED) is 0.257. The van der Waals surface area contributed by atoms with E-state index in [4.69, 9.17) is 4.74 Å². The van der Waals surface area contributed by atoms with Gasteiger partial charge < -0.3 is 25.8 Å². The number of rotatable bonds is 16. The zero-order valence-electron chi connectivity index (χ0n) is 19.9. The molecule has 11 heteroatoms. The van der Waals surface area contributed by atoms with Crippen molar-refractivity contribution in [1.82, 2.24) is 16.0 Å². The smallest absolute Gasteiger partial charge is 0.407 e. The summed E-state index contributed by atoms with van der Waals surface area (Å²) >= 11 is 3.02. The molecule has 0 saturated carbocycles. The van der Waals surface area contributed by atoms with Crippen LogP contribution in [0.3, 0.4) is 0 Å². The van der Waals surface area contributed by atoms with Crippen LogP contribution in [0, 0.1) is 11.8 Å². The van der Waals surface area contributed by atoms with Crippen LogP contribution in [0.2, 0.25) is 0 Å². The Labute approximate surface area is 199 Å². The molecule has 186 valence electrons. The maximum Gasteiger partial charge on any atom is 0.407 e. The number of carboxylic acid groups (broad SMARTS) is 1. The molecule has 0 aromatic carbocycles. The van der Waals surface area contributed by atoms with E-state index in [-0.39, 0.29) is 24.9 Å². The number of ether oxygens (including phenoxy) is 1. The van der Waals surface area contributed by atoms with Gasteiger partial charge >= 0.3 is 12.1 Å². The Bertz CT molecular complexity index is 604. The van der Waals surface area contributed by atoms with Crippen molar-refractivity contribution in [3.63, 3.8) is 0 Å². The van der Waals surface area contributed by atoms with Gasteiger partial charge in [-0.05, 0) is 55.1 Å². The second kappa shape index (κ2) is 16.9. The second-order valence-corrected chi connectivity index (χ2v) is 10.3. The van der Waals surface area contributed by atoms with Crippen LogP contribution in [0.25, 0.3) is 0 Å². The lowest BCUT2D eigenvalue weighted by atomic mass is 10.0. The molecule has 32 heavy (non-hydrogen) atoms. The Morgan fingerprint density at radius 2 is 1.28 bits per heavy atom. The average molecular weight is 494 g/mol. The highest BCUT2D eigenvalue weighted by atomic mass is 32.2. The van der Waals surface area contributed by atoms with E-state index in [1.807, 2.05) is 40.2 Å². The van der Waals surface area contributed by atoms with Gasteiger partial charge in [0, 0.05) is 0 Å². The zero-order valence-corrected chi connectivity index (χ0v) is 21.6. The summed E-state index contributed by atoms with van der Waals surface area (Å²) in [5.41, 5.74) is 0. The van der Waals surface area contributed by atoms with E-state index in [9.17, 15) is 24.3 Å². The van der Waals surface area contributed by atoms with Crippen molar-refractivity contribution in [2.24, 2.45) is 11.8 Å². The van der Waals surface area contributed by atoms with Crippen LogP contribution in [0.4, 0.5) is 4.79 Å². The molecule has 0 aromatic rings. The predicted octanol–water partition coefficient (Wildman–Crippen LogP) is 2.34. The lowest BCUT2D eigenvalue weighted by molar-refractivity contribution is -0.142. The molecule has 0 aliphatic rings. The third-order valence-corrected chi connectivity index (χ3v) is 5.62. The largest absolute Gasteiger partial charge is 0.480 e. The number of amides is 3. The molecule has 0 saturated heterocycles. The van der Waals surface area contributed by atoms with Gasteiger partial charge in [0.05, 0.1) is 6.61 Å². The van der Waals surface area contributed by atoms with Gasteiger partial charge in [-0.2, -0.15) is 23.5 Å². The zero-order chi connectivity index (χ0) is 24.7. The van der Waals surface area contributed by atoms with Gasteiger partial charge in [-0.15, -0.1) is 0 Å². The van der Waals surface area contributed by atoms with Gasteiger partial charge in [0.1, 0.15) is 18.1 Å². The fraction of sp³-hybridized carbons (Fsp3) is 0.810. The van der Waals surface area contributed by atoms with Gasteiger partial charge in [-0.25, -0.2) is 9.59 Å². The monoisotopic (exact) mass is 493 g/mol. The number of nitrogens with one attached hydrogen (secondary N) is 3. The van der Waals surface area contributed by atoms with Gasteiger partial charge in [-0.3, -0.25) is 9.59 Å². The van der Waals surface area contributed by atoms with Gasteiger partial charge in [0.15, 0.2) is 0 Å². The number of alkyl carbamates (subject to hydrolysis) is 1. The first kappa shape index (κ1) is 30.4. The minimum atomic E-state index is -1.12. The molecular weight excluding hydrogens is 454 g/mol.